The molecule has 0 bridgehead atoms. The van der Waals surface area contributed by atoms with Gasteiger partial charge >= 0.3 is 0 Å². The first-order valence-electron chi connectivity index (χ1n) is 21.5. The van der Waals surface area contributed by atoms with Gasteiger partial charge in [0.25, 0.3) is 0 Å². The first-order valence-corrected chi connectivity index (χ1v) is 21.5. The van der Waals surface area contributed by atoms with Crippen molar-refractivity contribution in [3.05, 3.63) is 215 Å². The number of anilines is 6. The second-order valence-electron chi connectivity index (χ2n) is 16.8. The van der Waals surface area contributed by atoms with Gasteiger partial charge < -0.3 is 9.80 Å². The Morgan fingerprint density at radius 3 is 1.15 bits per heavy atom. The topological polar surface area (TPSA) is 6.48 Å². The third kappa shape index (κ3) is 5.41. The highest BCUT2D eigenvalue weighted by atomic mass is 15.1. The van der Waals surface area contributed by atoms with E-state index in [1.807, 2.05) is 0 Å². The highest BCUT2D eigenvalue weighted by Gasteiger charge is 2.28. The Morgan fingerprint density at radius 1 is 0.367 bits per heavy atom. The lowest BCUT2D eigenvalue weighted by molar-refractivity contribution is 1.06. The average molecular weight is 769 g/mol. The molecule has 4 aliphatic rings. The lowest BCUT2D eigenvalue weighted by Crippen LogP contribution is -2.11. The fraction of sp³-hybridized carbons (Fsp3) is 0.103. The van der Waals surface area contributed by atoms with E-state index < -0.39 is 0 Å². The number of hydrogen-bond acceptors (Lipinski definition) is 2. The molecule has 0 spiro atoms. The Morgan fingerprint density at radius 2 is 0.750 bits per heavy atom. The molecule has 0 saturated heterocycles. The summed E-state index contributed by atoms with van der Waals surface area (Å²) in [5.41, 5.74) is 23.2. The maximum Gasteiger partial charge on any atom is 0.0540 e. The molecule has 8 aromatic rings. The van der Waals surface area contributed by atoms with Crippen molar-refractivity contribution in [1.82, 2.24) is 0 Å². The summed E-state index contributed by atoms with van der Waals surface area (Å²) >= 11 is 0. The van der Waals surface area contributed by atoms with Gasteiger partial charge in [0, 0.05) is 33.5 Å². The van der Waals surface area contributed by atoms with Gasteiger partial charge in [-0.15, -0.1) is 0 Å². The monoisotopic (exact) mass is 768 g/mol. The summed E-state index contributed by atoms with van der Waals surface area (Å²) in [6, 6.07) is 59.2. The number of fused-ring (bicyclic) bond motifs is 4. The molecular weight excluding hydrogens is 725 g/mol. The fourth-order valence-electron chi connectivity index (χ4n) is 10.4. The molecule has 0 fully saturated rings. The van der Waals surface area contributed by atoms with Gasteiger partial charge in [-0.1, -0.05) is 132 Å². The lowest BCUT2D eigenvalue weighted by Gasteiger charge is -2.28. The normalized spacial score (nSPS) is 14.6. The van der Waals surface area contributed by atoms with Crippen LogP contribution in [-0.4, -0.2) is 0 Å². The van der Waals surface area contributed by atoms with Crippen molar-refractivity contribution in [2.45, 2.75) is 39.5 Å². The van der Waals surface area contributed by atoms with Crippen molar-refractivity contribution in [1.29, 1.82) is 0 Å². The van der Waals surface area contributed by atoms with Crippen LogP contribution in [0.25, 0.3) is 55.0 Å². The standard InChI is InChI=1S/C58H44N2/c1-37-17-25-41(26-18-37)59(55-35-33-51-47-11-5-3-9-45(47)49-13-7-15-53(55)57(49)51)43-29-21-39(22-30-43)40-23-31-44(32-24-40)60(42-27-19-38(2)20-28-42)56-36-34-52-48-12-6-4-10-46(48)50-14-8-16-54(56)58(50)52/h5-8,11-36H,3-4,9-10H2,1-2H3. The predicted octanol–water partition coefficient (Wildman–Crippen LogP) is 16.4. The molecule has 12 rings (SSSR count). The Kier molecular flexibility index (Phi) is 7.96. The Hall–Kier alpha value is -7.16. The van der Waals surface area contributed by atoms with Gasteiger partial charge in [-0.2, -0.15) is 0 Å². The number of rotatable bonds is 7. The molecule has 0 radical (unpaired) electrons. The van der Waals surface area contributed by atoms with E-state index in [4.69, 9.17) is 0 Å². The van der Waals surface area contributed by atoms with Crippen LogP contribution in [0.1, 0.15) is 59.1 Å². The summed E-state index contributed by atoms with van der Waals surface area (Å²) in [5, 5.41) is 5.34. The van der Waals surface area contributed by atoms with Crippen LogP contribution in [0.3, 0.4) is 0 Å². The lowest BCUT2D eigenvalue weighted by atomic mass is 9.95. The van der Waals surface area contributed by atoms with Gasteiger partial charge in [-0.25, -0.2) is 0 Å². The minimum atomic E-state index is 1.10. The Labute approximate surface area is 352 Å². The first kappa shape index (κ1) is 34.8. The summed E-state index contributed by atoms with van der Waals surface area (Å²) in [7, 11) is 0. The maximum atomic E-state index is 2.43. The summed E-state index contributed by atoms with van der Waals surface area (Å²) in [6.45, 7) is 4.31. The minimum Gasteiger partial charge on any atom is -0.310 e. The summed E-state index contributed by atoms with van der Waals surface area (Å²) in [4.78, 5) is 4.87. The summed E-state index contributed by atoms with van der Waals surface area (Å²) in [5.74, 6) is 0. The van der Waals surface area contributed by atoms with Crippen LogP contribution >= 0.6 is 0 Å². The molecular formula is C58H44N2. The zero-order valence-corrected chi connectivity index (χ0v) is 34.0. The van der Waals surface area contributed by atoms with Crippen LogP contribution in [0.15, 0.2) is 182 Å². The Bertz CT molecular complexity index is 2960. The van der Waals surface area contributed by atoms with E-state index in [0.717, 1.165) is 48.4 Å². The average Bonchev–Trinajstić information content (AvgIpc) is 3.81. The first-order chi connectivity index (χ1) is 29.6. The molecule has 0 aromatic heterocycles. The molecule has 60 heavy (non-hydrogen) atoms. The summed E-state index contributed by atoms with van der Waals surface area (Å²) in [6.07, 6.45) is 13.7. The number of allylic oxidation sites excluding steroid dienone is 8. The number of benzene rings is 8. The van der Waals surface area contributed by atoms with Crippen LogP contribution in [0, 0.1) is 13.8 Å². The van der Waals surface area contributed by atoms with E-state index in [-0.39, 0.29) is 0 Å². The largest absolute Gasteiger partial charge is 0.310 e. The van der Waals surface area contributed by atoms with Crippen molar-refractivity contribution >= 4 is 78.0 Å². The van der Waals surface area contributed by atoms with E-state index in [0.29, 0.717) is 0 Å². The molecule has 0 amide bonds. The van der Waals surface area contributed by atoms with Crippen molar-refractivity contribution in [3.63, 3.8) is 0 Å². The van der Waals surface area contributed by atoms with Crippen LogP contribution < -0.4 is 9.80 Å². The zero-order valence-electron chi connectivity index (χ0n) is 34.0. The molecule has 0 N–H and O–H groups in total. The van der Waals surface area contributed by atoms with Gasteiger partial charge in [0.15, 0.2) is 0 Å². The van der Waals surface area contributed by atoms with Gasteiger partial charge in [-0.05, 0) is 167 Å². The van der Waals surface area contributed by atoms with E-state index in [9.17, 15) is 0 Å². The Balaban J connectivity index is 0.919. The molecule has 0 unspecified atom stereocenters. The quantitative estimate of drug-likeness (QED) is 0.159. The number of aryl methyl sites for hydroxylation is 2. The minimum absolute atomic E-state index is 1.10. The molecule has 4 aliphatic carbocycles. The zero-order chi connectivity index (χ0) is 39.9. The molecule has 8 aromatic carbocycles. The molecule has 0 heterocycles. The van der Waals surface area contributed by atoms with Gasteiger partial charge in [-0.3, -0.25) is 0 Å². The predicted molar refractivity (Wildman–Crippen MR) is 256 cm³/mol. The van der Waals surface area contributed by atoms with E-state index in [2.05, 4.69) is 206 Å². The van der Waals surface area contributed by atoms with Gasteiger partial charge in [0.05, 0.1) is 11.4 Å². The molecule has 286 valence electrons. The van der Waals surface area contributed by atoms with Crippen LogP contribution in [0.4, 0.5) is 34.1 Å². The maximum absolute atomic E-state index is 2.43. The second kappa shape index (κ2) is 13.7. The number of hydrogen-bond donors (Lipinski definition) is 0. The van der Waals surface area contributed by atoms with E-state index >= 15 is 0 Å². The van der Waals surface area contributed by atoms with Crippen molar-refractivity contribution in [2.24, 2.45) is 0 Å². The molecule has 0 saturated carbocycles. The second-order valence-corrected chi connectivity index (χ2v) is 16.8. The number of nitrogens with zero attached hydrogens (tertiary/aromatic N) is 2. The third-order valence-corrected chi connectivity index (χ3v) is 13.3. The molecule has 2 heteroatoms. The highest BCUT2D eigenvalue weighted by Crippen LogP contribution is 2.52. The van der Waals surface area contributed by atoms with Gasteiger partial charge in [0.2, 0.25) is 0 Å². The van der Waals surface area contributed by atoms with Gasteiger partial charge in [0.1, 0.15) is 0 Å². The fourth-order valence-corrected chi connectivity index (χ4v) is 10.4. The van der Waals surface area contributed by atoms with E-state index in [1.165, 1.54) is 99.7 Å². The smallest absolute Gasteiger partial charge is 0.0540 e. The molecule has 2 nitrogen and oxygen atoms in total. The van der Waals surface area contributed by atoms with Crippen molar-refractivity contribution in [2.75, 3.05) is 9.80 Å². The van der Waals surface area contributed by atoms with Crippen LogP contribution in [-0.2, 0) is 0 Å². The highest BCUT2D eigenvalue weighted by molar-refractivity contribution is 6.20. The summed E-state index contributed by atoms with van der Waals surface area (Å²) < 4.78 is 0. The van der Waals surface area contributed by atoms with Crippen molar-refractivity contribution in [3.8, 4) is 11.1 Å². The third-order valence-electron chi connectivity index (χ3n) is 13.3. The molecule has 0 atom stereocenters. The van der Waals surface area contributed by atoms with Crippen LogP contribution in [0.2, 0.25) is 0 Å². The van der Waals surface area contributed by atoms with E-state index in [1.54, 1.807) is 0 Å². The SMILES string of the molecule is Cc1ccc(N(c2ccc(-c3ccc(N(c4ccc(C)cc4)c4ccc5c6c(cccc46)C4=C5C=CCC4)cc3)cc2)c2ccc3c4c(cccc24)C2=C3C=CCC2)cc1. The van der Waals surface area contributed by atoms with Crippen LogP contribution in [0.5, 0.6) is 0 Å². The van der Waals surface area contributed by atoms with Crippen molar-refractivity contribution < 1.29 is 0 Å². The molecule has 0 aliphatic heterocycles.